The zero-order valence-electron chi connectivity index (χ0n) is 9.26. The van der Waals surface area contributed by atoms with Gasteiger partial charge in [-0.3, -0.25) is 4.90 Å². The Labute approximate surface area is 96.0 Å². The topological polar surface area (TPSA) is 43.7 Å². The van der Waals surface area contributed by atoms with E-state index in [1.807, 2.05) is 4.90 Å². The Hall–Kier alpha value is -1.74. The van der Waals surface area contributed by atoms with E-state index in [2.05, 4.69) is 13.2 Å². The molecule has 3 heteroatoms. The van der Waals surface area contributed by atoms with Gasteiger partial charge in [0.2, 0.25) is 0 Å². The van der Waals surface area contributed by atoms with E-state index in [1.54, 1.807) is 30.4 Å². The maximum absolute atomic E-state index is 9.64. The van der Waals surface area contributed by atoms with Crippen molar-refractivity contribution >= 4 is 0 Å². The normalized spacial score (nSPS) is 10.3. The number of hydrogen-bond acceptors (Lipinski definition) is 3. The molecule has 0 heterocycles. The lowest BCUT2D eigenvalue weighted by atomic mass is 10.1. The second-order valence-electron chi connectivity index (χ2n) is 3.55. The SMILES string of the molecule is C=CCN(CC=C)Cc1c(O)cccc1O. The van der Waals surface area contributed by atoms with Crippen molar-refractivity contribution in [1.29, 1.82) is 0 Å². The molecular weight excluding hydrogens is 202 g/mol. The summed E-state index contributed by atoms with van der Waals surface area (Å²) in [5.74, 6) is 0.219. The van der Waals surface area contributed by atoms with Crippen LogP contribution in [0.3, 0.4) is 0 Å². The second-order valence-corrected chi connectivity index (χ2v) is 3.55. The molecule has 86 valence electrons. The second kappa shape index (κ2) is 5.98. The predicted molar refractivity (Wildman–Crippen MR) is 65.4 cm³/mol. The minimum Gasteiger partial charge on any atom is -0.507 e. The van der Waals surface area contributed by atoms with E-state index in [0.29, 0.717) is 25.2 Å². The van der Waals surface area contributed by atoms with Gasteiger partial charge in [0.25, 0.3) is 0 Å². The molecule has 0 aliphatic rings. The van der Waals surface area contributed by atoms with E-state index in [9.17, 15) is 10.2 Å². The van der Waals surface area contributed by atoms with Crippen LogP contribution in [0, 0.1) is 0 Å². The molecule has 0 amide bonds. The zero-order valence-corrected chi connectivity index (χ0v) is 9.26. The lowest BCUT2D eigenvalue weighted by Gasteiger charge is -2.19. The Bertz CT molecular complexity index is 344. The first-order valence-corrected chi connectivity index (χ1v) is 5.13. The molecule has 0 saturated heterocycles. The first-order valence-electron chi connectivity index (χ1n) is 5.13. The van der Waals surface area contributed by atoms with Crippen LogP contribution in [0.1, 0.15) is 5.56 Å². The van der Waals surface area contributed by atoms with Crippen LogP contribution in [-0.2, 0) is 6.54 Å². The van der Waals surface area contributed by atoms with E-state index in [4.69, 9.17) is 0 Å². The minimum absolute atomic E-state index is 0.109. The van der Waals surface area contributed by atoms with Gasteiger partial charge in [0.1, 0.15) is 11.5 Å². The van der Waals surface area contributed by atoms with Gasteiger partial charge >= 0.3 is 0 Å². The highest BCUT2D eigenvalue weighted by Gasteiger charge is 2.10. The summed E-state index contributed by atoms with van der Waals surface area (Å²) in [6.07, 6.45) is 3.56. The fourth-order valence-corrected chi connectivity index (χ4v) is 1.52. The van der Waals surface area contributed by atoms with Crippen molar-refractivity contribution in [2.45, 2.75) is 6.54 Å². The molecule has 1 aromatic rings. The summed E-state index contributed by atoms with van der Waals surface area (Å²) in [5.41, 5.74) is 0.534. The van der Waals surface area contributed by atoms with Gasteiger partial charge in [0, 0.05) is 25.2 Å². The van der Waals surface area contributed by atoms with Crippen molar-refractivity contribution in [2.75, 3.05) is 13.1 Å². The Morgan fingerprint density at radius 2 is 1.56 bits per heavy atom. The molecule has 0 fully saturated rings. The molecule has 0 radical (unpaired) electrons. The summed E-state index contributed by atoms with van der Waals surface area (Å²) in [7, 11) is 0. The van der Waals surface area contributed by atoms with Crippen LogP contribution in [0.15, 0.2) is 43.5 Å². The molecule has 1 rings (SSSR count). The summed E-state index contributed by atoms with van der Waals surface area (Å²) in [6, 6.07) is 4.74. The summed E-state index contributed by atoms with van der Waals surface area (Å²) in [4.78, 5) is 2.01. The van der Waals surface area contributed by atoms with Crippen LogP contribution in [-0.4, -0.2) is 28.2 Å². The van der Waals surface area contributed by atoms with Gasteiger partial charge in [-0.15, -0.1) is 13.2 Å². The average Bonchev–Trinajstić information content (AvgIpc) is 2.24. The van der Waals surface area contributed by atoms with E-state index in [1.165, 1.54) is 0 Å². The third-order valence-corrected chi connectivity index (χ3v) is 2.28. The van der Waals surface area contributed by atoms with Crippen molar-refractivity contribution in [3.8, 4) is 11.5 Å². The van der Waals surface area contributed by atoms with Crippen LogP contribution in [0.5, 0.6) is 11.5 Å². The molecule has 0 atom stereocenters. The molecule has 0 aromatic heterocycles. The number of aromatic hydroxyl groups is 2. The van der Waals surface area contributed by atoms with Crippen molar-refractivity contribution in [1.82, 2.24) is 4.90 Å². The number of nitrogens with zero attached hydrogens (tertiary/aromatic N) is 1. The molecule has 3 nitrogen and oxygen atoms in total. The summed E-state index contributed by atoms with van der Waals surface area (Å²) >= 11 is 0. The van der Waals surface area contributed by atoms with Crippen molar-refractivity contribution in [2.24, 2.45) is 0 Å². The molecule has 1 aromatic carbocycles. The smallest absolute Gasteiger partial charge is 0.123 e. The fraction of sp³-hybridized carbons (Fsp3) is 0.231. The monoisotopic (exact) mass is 219 g/mol. The number of benzene rings is 1. The Kier molecular flexibility index (Phi) is 4.61. The summed E-state index contributed by atoms with van der Waals surface area (Å²) in [6.45, 7) is 9.17. The van der Waals surface area contributed by atoms with Crippen LogP contribution >= 0.6 is 0 Å². The largest absolute Gasteiger partial charge is 0.507 e. The lowest BCUT2D eigenvalue weighted by Crippen LogP contribution is -2.23. The van der Waals surface area contributed by atoms with Gasteiger partial charge in [-0.2, -0.15) is 0 Å². The van der Waals surface area contributed by atoms with Crippen molar-refractivity contribution in [3.63, 3.8) is 0 Å². The first-order chi connectivity index (χ1) is 7.69. The Morgan fingerprint density at radius 1 is 1.06 bits per heavy atom. The average molecular weight is 219 g/mol. The van der Waals surface area contributed by atoms with Crippen LogP contribution in [0.2, 0.25) is 0 Å². The van der Waals surface area contributed by atoms with Crippen LogP contribution < -0.4 is 0 Å². The number of rotatable bonds is 6. The molecule has 0 aliphatic carbocycles. The molecule has 0 bridgehead atoms. The van der Waals surface area contributed by atoms with Gasteiger partial charge in [-0.05, 0) is 12.1 Å². The highest BCUT2D eigenvalue weighted by molar-refractivity contribution is 5.42. The Balaban J connectivity index is 2.83. The van der Waals surface area contributed by atoms with E-state index < -0.39 is 0 Å². The van der Waals surface area contributed by atoms with Crippen LogP contribution in [0.4, 0.5) is 0 Å². The van der Waals surface area contributed by atoms with Crippen molar-refractivity contribution < 1.29 is 10.2 Å². The molecule has 0 spiro atoms. The van der Waals surface area contributed by atoms with Gasteiger partial charge in [-0.25, -0.2) is 0 Å². The van der Waals surface area contributed by atoms with Gasteiger partial charge in [0.05, 0.1) is 0 Å². The molecule has 0 unspecified atom stereocenters. The van der Waals surface area contributed by atoms with Crippen molar-refractivity contribution in [3.05, 3.63) is 49.1 Å². The molecule has 16 heavy (non-hydrogen) atoms. The molecule has 0 aliphatic heterocycles. The highest BCUT2D eigenvalue weighted by Crippen LogP contribution is 2.27. The molecule has 2 N–H and O–H groups in total. The highest BCUT2D eigenvalue weighted by atomic mass is 16.3. The van der Waals surface area contributed by atoms with Gasteiger partial charge in [-0.1, -0.05) is 18.2 Å². The van der Waals surface area contributed by atoms with E-state index in [-0.39, 0.29) is 11.5 Å². The third kappa shape index (κ3) is 3.14. The van der Waals surface area contributed by atoms with Crippen LogP contribution in [0.25, 0.3) is 0 Å². The maximum atomic E-state index is 9.64. The van der Waals surface area contributed by atoms with Gasteiger partial charge in [0.15, 0.2) is 0 Å². The van der Waals surface area contributed by atoms with E-state index >= 15 is 0 Å². The minimum atomic E-state index is 0.109. The maximum Gasteiger partial charge on any atom is 0.123 e. The zero-order chi connectivity index (χ0) is 12.0. The summed E-state index contributed by atoms with van der Waals surface area (Å²) < 4.78 is 0. The predicted octanol–water partition coefficient (Wildman–Crippen LogP) is 2.27. The van der Waals surface area contributed by atoms with Gasteiger partial charge < -0.3 is 10.2 Å². The lowest BCUT2D eigenvalue weighted by molar-refractivity contribution is 0.313. The molecular formula is C13H17NO2. The number of phenols is 2. The Morgan fingerprint density at radius 3 is 2.00 bits per heavy atom. The summed E-state index contributed by atoms with van der Waals surface area (Å²) in [5, 5.41) is 19.3. The standard InChI is InChI=1S/C13H17NO2/c1-3-8-14(9-4-2)10-11-12(15)6-5-7-13(11)16/h3-7,15-16H,1-2,8-10H2. The number of hydrogen-bond donors (Lipinski definition) is 2. The van der Waals surface area contributed by atoms with E-state index in [0.717, 1.165) is 0 Å². The quantitative estimate of drug-likeness (QED) is 0.721. The third-order valence-electron chi connectivity index (χ3n) is 2.28. The first kappa shape index (κ1) is 12.3. The fourth-order valence-electron chi connectivity index (χ4n) is 1.52. The number of phenolic OH excluding ortho intramolecular Hbond substituents is 2. The molecule has 0 saturated carbocycles.